The van der Waals surface area contributed by atoms with Crippen LogP contribution in [0.5, 0.6) is 0 Å². The Bertz CT molecular complexity index is 362. The van der Waals surface area contributed by atoms with Crippen molar-refractivity contribution in [3.05, 3.63) is 5.56 Å². The van der Waals surface area contributed by atoms with E-state index < -0.39 is 0 Å². The number of rotatable bonds is 4. The molecule has 0 amide bonds. The molecule has 2 heterocycles. The summed E-state index contributed by atoms with van der Waals surface area (Å²) in [5.41, 5.74) is 6.79. The van der Waals surface area contributed by atoms with Gasteiger partial charge in [0.05, 0.1) is 13.2 Å². The highest BCUT2D eigenvalue weighted by molar-refractivity contribution is 7.10. The molecule has 0 spiro atoms. The molecule has 0 radical (unpaired) electrons. The van der Waals surface area contributed by atoms with Crippen molar-refractivity contribution in [3.63, 3.8) is 0 Å². The molecule has 0 saturated carbocycles. The van der Waals surface area contributed by atoms with Gasteiger partial charge in [0.25, 0.3) is 0 Å². The standard InChI is InChI=1S/C11H20N4OS/c1-8(7-15-3-5-16-6-4-15)13-11-9(2)10(12)14-17-11/h8,13H,3-7H2,1-2H3,(H2,12,14). The smallest absolute Gasteiger partial charge is 0.142 e. The van der Waals surface area contributed by atoms with E-state index in [4.69, 9.17) is 10.5 Å². The van der Waals surface area contributed by atoms with Crippen molar-refractivity contribution in [2.75, 3.05) is 43.9 Å². The first-order chi connectivity index (χ1) is 8.16. The van der Waals surface area contributed by atoms with Crippen LogP contribution < -0.4 is 11.1 Å². The molecule has 1 aromatic heterocycles. The van der Waals surface area contributed by atoms with Crippen LogP contribution in [-0.4, -0.2) is 48.2 Å². The molecule has 5 nitrogen and oxygen atoms in total. The van der Waals surface area contributed by atoms with Crippen molar-refractivity contribution >= 4 is 22.4 Å². The van der Waals surface area contributed by atoms with Crippen LogP contribution in [0.4, 0.5) is 10.8 Å². The van der Waals surface area contributed by atoms with E-state index in [1.54, 1.807) is 0 Å². The average Bonchev–Trinajstić information content (AvgIpc) is 2.62. The zero-order valence-electron chi connectivity index (χ0n) is 10.4. The fraction of sp³-hybridized carbons (Fsp3) is 0.727. The molecule has 0 bridgehead atoms. The second-order valence-electron chi connectivity index (χ2n) is 4.48. The van der Waals surface area contributed by atoms with Gasteiger partial charge >= 0.3 is 0 Å². The van der Waals surface area contributed by atoms with Crippen molar-refractivity contribution in [1.29, 1.82) is 0 Å². The monoisotopic (exact) mass is 256 g/mol. The average molecular weight is 256 g/mol. The molecule has 0 aromatic carbocycles. The Labute approximate surface area is 106 Å². The number of hydrogen-bond donors (Lipinski definition) is 2. The topological polar surface area (TPSA) is 63.4 Å². The number of nitrogens with two attached hydrogens (primary N) is 1. The summed E-state index contributed by atoms with van der Waals surface area (Å²) in [6.07, 6.45) is 0. The van der Waals surface area contributed by atoms with Gasteiger partial charge in [-0.3, -0.25) is 4.90 Å². The number of morpholine rings is 1. The first-order valence-corrected chi connectivity index (χ1v) is 6.72. The quantitative estimate of drug-likeness (QED) is 0.846. The van der Waals surface area contributed by atoms with Gasteiger partial charge in [-0.1, -0.05) is 0 Å². The van der Waals surface area contributed by atoms with E-state index in [0.717, 1.165) is 43.4 Å². The SMILES string of the molecule is Cc1c(N)nsc1NC(C)CN1CCOCC1. The molecule has 3 N–H and O–H groups in total. The van der Waals surface area contributed by atoms with Gasteiger partial charge in [-0.15, -0.1) is 0 Å². The van der Waals surface area contributed by atoms with Crippen LogP contribution in [0.1, 0.15) is 12.5 Å². The predicted molar refractivity (Wildman–Crippen MR) is 71.6 cm³/mol. The largest absolute Gasteiger partial charge is 0.383 e. The summed E-state index contributed by atoms with van der Waals surface area (Å²) in [6, 6.07) is 0.395. The molecule has 1 aliphatic heterocycles. The zero-order chi connectivity index (χ0) is 12.3. The van der Waals surface area contributed by atoms with Gasteiger partial charge in [-0.05, 0) is 25.4 Å². The second kappa shape index (κ2) is 5.66. The summed E-state index contributed by atoms with van der Waals surface area (Å²) in [5, 5.41) is 4.56. The highest BCUT2D eigenvalue weighted by Crippen LogP contribution is 2.25. The Kier molecular flexibility index (Phi) is 4.20. The van der Waals surface area contributed by atoms with Crippen molar-refractivity contribution in [3.8, 4) is 0 Å². The molecule has 0 aliphatic carbocycles. The van der Waals surface area contributed by atoms with E-state index in [0.29, 0.717) is 11.9 Å². The Morgan fingerprint density at radius 1 is 1.53 bits per heavy atom. The summed E-state index contributed by atoms with van der Waals surface area (Å²) in [6.45, 7) is 8.96. The number of nitrogens with zero attached hydrogens (tertiary/aromatic N) is 2. The molecule has 1 aromatic rings. The minimum Gasteiger partial charge on any atom is -0.383 e. The maximum absolute atomic E-state index is 5.73. The van der Waals surface area contributed by atoms with E-state index in [-0.39, 0.29) is 0 Å². The van der Waals surface area contributed by atoms with Crippen LogP contribution in [0.3, 0.4) is 0 Å². The summed E-state index contributed by atoms with van der Waals surface area (Å²) < 4.78 is 9.47. The third-order valence-electron chi connectivity index (χ3n) is 2.97. The molecule has 1 aliphatic rings. The van der Waals surface area contributed by atoms with E-state index >= 15 is 0 Å². The Hall–Kier alpha value is -0.850. The van der Waals surface area contributed by atoms with Crippen LogP contribution in [0.15, 0.2) is 0 Å². The second-order valence-corrected chi connectivity index (χ2v) is 5.25. The molecule has 1 saturated heterocycles. The van der Waals surface area contributed by atoms with Gasteiger partial charge < -0.3 is 15.8 Å². The van der Waals surface area contributed by atoms with Crippen LogP contribution in [-0.2, 0) is 4.74 Å². The third-order valence-corrected chi connectivity index (χ3v) is 3.87. The molecule has 96 valence electrons. The van der Waals surface area contributed by atoms with Crippen LogP contribution in [0, 0.1) is 6.92 Å². The lowest BCUT2D eigenvalue weighted by Gasteiger charge is -2.29. The number of hydrogen-bond acceptors (Lipinski definition) is 6. The van der Waals surface area contributed by atoms with Gasteiger partial charge in [0.2, 0.25) is 0 Å². The van der Waals surface area contributed by atoms with E-state index in [1.807, 2.05) is 6.92 Å². The Balaban J connectivity index is 1.84. The van der Waals surface area contributed by atoms with Gasteiger partial charge in [-0.25, -0.2) is 0 Å². The number of aromatic nitrogens is 1. The molecular formula is C11H20N4OS. The summed E-state index contributed by atoms with van der Waals surface area (Å²) in [5.74, 6) is 0.635. The molecule has 1 unspecified atom stereocenters. The lowest BCUT2D eigenvalue weighted by molar-refractivity contribution is 0.0368. The first-order valence-electron chi connectivity index (χ1n) is 5.95. The lowest BCUT2D eigenvalue weighted by Crippen LogP contribution is -2.42. The van der Waals surface area contributed by atoms with Crippen molar-refractivity contribution in [1.82, 2.24) is 9.27 Å². The van der Waals surface area contributed by atoms with Crippen molar-refractivity contribution in [2.45, 2.75) is 19.9 Å². The van der Waals surface area contributed by atoms with E-state index in [2.05, 4.69) is 21.5 Å². The van der Waals surface area contributed by atoms with E-state index in [1.165, 1.54) is 11.5 Å². The minimum atomic E-state index is 0.395. The number of anilines is 2. The highest BCUT2D eigenvalue weighted by Gasteiger charge is 2.15. The molecule has 6 heteroatoms. The summed E-state index contributed by atoms with van der Waals surface area (Å²) >= 11 is 1.44. The molecular weight excluding hydrogens is 236 g/mol. The summed E-state index contributed by atoms with van der Waals surface area (Å²) in [4.78, 5) is 2.42. The highest BCUT2D eigenvalue weighted by atomic mass is 32.1. The molecule has 17 heavy (non-hydrogen) atoms. The number of nitrogen functional groups attached to an aromatic ring is 1. The maximum Gasteiger partial charge on any atom is 0.142 e. The number of nitrogens with one attached hydrogen (secondary N) is 1. The predicted octanol–water partition coefficient (Wildman–Crippen LogP) is 1.17. The normalized spacial score (nSPS) is 19.2. The first kappa shape index (κ1) is 12.6. The number of ether oxygens (including phenoxy) is 1. The minimum absolute atomic E-state index is 0.395. The van der Waals surface area contributed by atoms with Gasteiger partial charge in [0.15, 0.2) is 0 Å². The van der Waals surface area contributed by atoms with Crippen molar-refractivity contribution in [2.24, 2.45) is 0 Å². The fourth-order valence-corrected chi connectivity index (χ4v) is 2.75. The molecule has 1 fully saturated rings. The van der Waals surface area contributed by atoms with Gasteiger partial charge in [0, 0.05) is 31.2 Å². The maximum atomic E-state index is 5.73. The van der Waals surface area contributed by atoms with Crippen LogP contribution in [0.25, 0.3) is 0 Å². The zero-order valence-corrected chi connectivity index (χ0v) is 11.2. The van der Waals surface area contributed by atoms with E-state index in [9.17, 15) is 0 Å². The fourth-order valence-electron chi connectivity index (χ4n) is 1.92. The lowest BCUT2D eigenvalue weighted by atomic mass is 10.2. The summed E-state index contributed by atoms with van der Waals surface area (Å²) in [7, 11) is 0. The van der Waals surface area contributed by atoms with Gasteiger partial charge in [0.1, 0.15) is 10.8 Å². The Morgan fingerprint density at radius 2 is 2.24 bits per heavy atom. The molecule has 2 rings (SSSR count). The van der Waals surface area contributed by atoms with Crippen LogP contribution in [0.2, 0.25) is 0 Å². The van der Waals surface area contributed by atoms with Crippen LogP contribution >= 0.6 is 11.5 Å². The molecule has 1 atom stereocenters. The van der Waals surface area contributed by atoms with Crippen molar-refractivity contribution < 1.29 is 4.74 Å². The Morgan fingerprint density at radius 3 is 2.82 bits per heavy atom. The van der Waals surface area contributed by atoms with Gasteiger partial charge in [-0.2, -0.15) is 4.37 Å². The third kappa shape index (κ3) is 3.31.